The number of nitrogens with one attached hydrogen (secondary N) is 3. The van der Waals surface area contributed by atoms with Crippen molar-refractivity contribution in [2.45, 2.75) is 27.2 Å². The Balaban J connectivity index is 1.59. The Kier molecular flexibility index (Phi) is 5.66. The van der Waals surface area contributed by atoms with Crippen LogP contribution in [0.1, 0.15) is 38.4 Å². The predicted octanol–water partition coefficient (Wildman–Crippen LogP) is 4.05. The number of amides is 1. The van der Waals surface area contributed by atoms with Crippen LogP contribution in [0.3, 0.4) is 0 Å². The van der Waals surface area contributed by atoms with Gasteiger partial charge in [0.1, 0.15) is 0 Å². The molecule has 3 aromatic rings. The number of nitrogens with zero attached hydrogens (tertiary/aromatic N) is 1. The molecule has 1 amide bonds. The third kappa shape index (κ3) is 4.80. The van der Waals surface area contributed by atoms with Gasteiger partial charge in [0.25, 0.3) is 5.91 Å². The van der Waals surface area contributed by atoms with Crippen LogP contribution in [0.2, 0.25) is 0 Å². The predicted molar refractivity (Wildman–Crippen MR) is 112 cm³/mol. The fourth-order valence-corrected chi connectivity index (χ4v) is 3.08. The first kappa shape index (κ1) is 18.8. The minimum Gasteiger partial charge on any atom is -0.332 e. The van der Waals surface area contributed by atoms with Crippen LogP contribution in [0.15, 0.2) is 48.5 Å². The van der Waals surface area contributed by atoms with E-state index in [1.165, 1.54) is 11.1 Å². The van der Waals surface area contributed by atoms with Gasteiger partial charge in [-0.3, -0.25) is 15.2 Å². The van der Waals surface area contributed by atoms with Gasteiger partial charge in [-0.2, -0.15) is 5.10 Å². The fraction of sp³-hybridized carbons (Fsp3) is 0.190. The average molecular weight is 379 g/mol. The van der Waals surface area contributed by atoms with Crippen LogP contribution in [0.4, 0.5) is 5.69 Å². The number of hydrogen-bond acceptors (Lipinski definition) is 3. The molecule has 0 aliphatic heterocycles. The molecule has 3 N–H and O–H groups in total. The maximum Gasteiger partial charge on any atom is 0.257 e. The lowest BCUT2D eigenvalue weighted by atomic mass is 10.0. The van der Waals surface area contributed by atoms with Gasteiger partial charge in [-0.15, -0.1) is 0 Å². The highest BCUT2D eigenvalue weighted by atomic mass is 32.1. The molecule has 0 unspecified atom stereocenters. The van der Waals surface area contributed by atoms with Crippen molar-refractivity contribution in [3.63, 3.8) is 0 Å². The molecule has 2 aromatic carbocycles. The number of aromatic amines is 1. The molecule has 1 heterocycles. The van der Waals surface area contributed by atoms with Crippen LogP contribution in [0.5, 0.6) is 0 Å². The highest BCUT2D eigenvalue weighted by Gasteiger charge is 2.09. The second-order valence-corrected chi connectivity index (χ2v) is 6.97. The summed E-state index contributed by atoms with van der Waals surface area (Å²) < 4.78 is 0. The summed E-state index contributed by atoms with van der Waals surface area (Å²) in [4.78, 5) is 12.2. The first-order valence-corrected chi connectivity index (χ1v) is 9.11. The molecule has 1 aromatic heterocycles. The van der Waals surface area contributed by atoms with E-state index >= 15 is 0 Å². The lowest BCUT2D eigenvalue weighted by Gasteiger charge is -2.11. The van der Waals surface area contributed by atoms with E-state index < -0.39 is 0 Å². The number of carbonyl (C=O) groups excluding carboxylic acids is 1. The zero-order valence-electron chi connectivity index (χ0n) is 15.6. The third-order valence-corrected chi connectivity index (χ3v) is 4.58. The van der Waals surface area contributed by atoms with E-state index in [9.17, 15) is 4.79 Å². The highest BCUT2D eigenvalue weighted by Crippen LogP contribution is 2.17. The van der Waals surface area contributed by atoms with Crippen LogP contribution in [-0.4, -0.2) is 21.2 Å². The maximum absolute atomic E-state index is 12.2. The summed E-state index contributed by atoms with van der Waals surface area (Å²) in [6.45, 7) is 5.98. The van der Waals surface area contributed by atoms with Gasteiger partial charge in [-0.05, 0) is 62.8 Å². The number of rotatable bonds is 4. The summed E-state index contributed by atoms with van der Waals surface area (Å²) in [5, 5.41) is 13.3. The maximum atomic E-state index is 12.2. The summed E-state index contributed by atoms with van der Waals surface area (Å²) in [6.07, 6.45) is 0.822. The molecule has 0 aliphatic carbocycles. The normalized spacial score (nSPS) is 10.5. The van der Waals surface area contributed by atoms with Crippen molar-refractivity contribution in [2.75, 3.05) is 5.32 Å². The molecule has 27 heavy (non-hydrogen) atoms. The summed E-state index contributed by atoms with van der Waals surface area (Å²) in [5.74, 6) is -0.223. The lowest BCUT2D eigenvalue weighted by Crippen LogP contribution is -2.34. The third-order valence-electron chi connectivity index (χ3n) is 4.38. The smallest absolute Gasteiger partial charge is 0.257 e. The summed E-state index contributed by atoms with van der Waals surface area (Å²) in [5.41, 5.74) is 6.96. The summed E-state index contributed by atoms with van der Waals surface area (Å²) >= 11 is 5.25. The van der Waals surface area contributed by atoms with E-state index in [0.717, 1.165) is 29.1 Å². The molecule has 0 spiro atoms. The van der Waals surface area contributed by atoms with E-state index in [1.54, 1.807) is 6.07 Å². The van der Waals surface area contributed by atoms with Gasteiger partial charge in [0.15, 0.2) is 5.11 Å². The van der Waals surface area contributed by atoms with Crippen molar-refractivity contribution in [1.29, 1.82) is 0 Å². The standard InChI is InChI=1S/C21H22N4OS/c1-13-5-4-6-17(11-13)20(26)23-21(27)22-18-9-7-16(8-10-18)12-19-14(2)24-25-15(19)3/h4-11H,12H2,1-3H3,(H,24,25)(H2,22,23,26,27). The van der Waals surface area contributed by atoms with Gasteiger partial charge in [-0.1, -0.05) is 29.8 Å². The van der Waals surface area contributed by atoms with E-state index in [1.807, 2.05) is 63.2 Å². The number of benzene rings is 2. The Bertz CT molecular complexity index is 957. The topological polar surface area (TPSA) is 69.8 Å². The lowest BCUT2D eigenvalue weighted by molar-refractivity contribution is 0.0977. The molecule has 5 nitrogen and oxygen atoms in total. The van der Waals surface area contributed by atoms with Crippen molar-refractivity contribution >= 4 is 28.9 Å². The van der Waals surface area contributed by atoms with Gasteiger partial charge >= 0.3 is 0 Å². The molecule has 6 heteroatoms. The van der Waals surface area contributed by atoms with Crippen molar-refractivity contribution < 1.29 is 4.79 Å². The number of hydrogen-bond donors (Lipinski definition) is 3. The molecule has 0 fully saturated rings. The molecule has 0 saturated heterocycles. The van der Waals surface area contributed by atoms with Crippen LogP contribution in [-0.2, 0) is 6.42 Å². The minimum absolute atomic E-state index is 0.223. The molecule has 0 radical (unpaired) electrons. The first-order valence-electron chi connectivity index (χ1n) is 8.71. The van der Waals surface area contributed by atoms with Crippen LogP contribution >= 0.6 is 12.2 Å². The van der Waals surface area contributed by atoms with Crippen LogP contribution < -0.4 is 10.6 Å². The number of anilines is 1. The first-order chi connectivity index (χ1) is 12.9. The van der Waals surface area contributed by atoms with Crippen molar-refractivity contribution in [3.8, 4) is 0 Å². The van der Waals surface area contributed by atoms with Crippen molar-refractivity contribution in [3.05, 3.63) is 82.2 Å². The fourth-order valence-electron chi connectivity index (χ4n) is 2.87. The zero-order chi connectivity index (χ0) is 19.4. The average Bonchev–Trinajstić information content (AvgIpc) is 2.95. The van der Waals surface area contributed by atoms with Crippen LogP contribution in [0, 0.1) is 20.8 Å². The second kappa shape index (κ2) is 8.14. The van der Waals surface area contributed by atoms with Gasteiger partial charge < -0.3 is 5.32 Å². The van der Waals surface area contributed by atoms with E-state index in [0.29, 0.717) is 5.56 Å². The molecule has 0 aliphatic rings. The van der Waals surface area contributed by atoms with Gasteiger partial charge in [0.05, 0.1) is 5.69 Å². The quantitative estimate of drug-likeness (QED) is 0.599. The molecular weight excluding hydrogens is 356 g/mol. The van der Waals surface area contributed by atoms with E-state index in [2.05, 4.69) is 20.8 Å². The second-order valence-electron chi connectivity index (χ2n) is 6.56. The highest BCUT2D eigenvalue weighted by molar-refractivity contribution is 7.80. The van der Waals surface area contributed by atoms with Gasteiger partial charge in [0.2, 0.25) is 0 Å². The van der Waals surface area contributed by atoms with Crippen molar-refractivity contribution in [2.24, 2.45) is 0 Å². The number of H-pyrrole nitrogens is 1. The largest absolute Gasteiger partial charge is 0.332 e. The molecular formula is C21H22N4OS. The van der Waals surface area contributed by atoms with E-state index in [-0.39, 0.29) is 11.0 Å². The van der Waals surface area contributed by atoms with E-state index in [4.69, 9.17) is 12.2 Å². The number of thiocarbonyl (C=S) groups is 1. The zero-order valence-corrected chi connectivity index (χ0v) is 16.4. The summed E-state index contributed by atoms with van der Waals surface area (Å²) in [7, 11) is 0. The Labute approximate surface area is 164 Å². The minimum atomic E-state index is -0.223. The van der Waals surface area contributed by atoms with Gasteiger partial charge in [-0.25, -0.2) is 0 Å². The molecule has 138 valence electrons. The Morgan fingerprint density at radius 1 is 1.11 bits per heavy atom. The molecule has 0 atom stereocenters. The number of aromatic nitrogens is 2. The number of carbonyl (C=O) groups is 1. The molecule has 3 rings (SSSR count). The Morgan fingerprint density at radius 2 is 1.85 bits per heavy atom. The Hall–Kier alpha value is -2.99. The Morgan fingerprint density at radius 3 is 2.48 bits per heavy atom. The van der Waals surface area contributed by atoms with Crippen LogP contribution in [0.25, 0.3) is 0 Å². The summed E-state index contributed by atoms with van der Waals surface area (Å²) in [6, 6.07) is 15.4. The monoisotopic (exact) mass is 378 g/mol. The number of aryl methyl sites for hydroxylation is 3. The van der Waals surface area contributed by atoms with Gasteiger partial charge in [0, 0.05) is 28.9 Å². The molecule has 0 saturated carbocycles. The van der Waals surface area contributed by atoms with Crippen molar-refractivity contribution in [1.82, 2.24) is 15.5 Å². The SMILES string of the molecule is Cc1cccc(C(=O)NC(=S)Nc2ccc(Cc3c(C)n[nH]c3C)cc2)c1. The molecule has 0 bridgehead atoms.